The molecule has 0 spiro atoms. The maximum Gasteiger partial charge on any atom is 0.169 e. The van der Waals surface area contributed by atoms with Gasteiger partial charge in [-0.1, -0.05) is 161 Å². The molecule has 0 saturated heterocycles. The Morgan fingerprint density at radius 3 is 1.34 bits per heavy atom. The summed E-state index contributed by atoms with van der Waals surface area (Å²) in [6, 6.07) is 40.9. The van der Waals surface area contributed by atoms with Crippen LogP contribution in [0.25, 0.3) is 0 Å². The molecule has 0 N–H and O–H groups in total. The van der Waals surface area contributed by atoms with Crippen LogP contribution in [0.15, 0.2) is 132 Å². The van der Waals surface area contributed by atoms with Gasteiger partial charge in [0, 0.05) is 12.0 Å². The van der Waals surface area contributed by atoms with Gasteiger partial charge in [-0.2, -0.15) is 10.2 Å². The van der Waals surface area contributed by atoms with Crippen molar-refractivity contribution in [3.8, 4) is 0 Å². The van der Waals surface area contributed by atoms with Crippen LogP contribution in [0.1, 0.15) is 39.9 Å². The van der Waals surface area contributed by atoms with Crippen molar-refractivity contribution >= 4 is 33.7 Å². The van der Waals surface area contributed by atoms with Crippen molar-refractivity contribution in [3.63, 3.8) is 0 Å². The van der Waals surface area contributed by atoms with E-state index in [1.807, 2.05) is 48.5 Å². The van der Waals surface area contributed by atoms with Gasteiger partial charge in [0.05, 0.1) is 30.9 Å². The summed E-state index contributed by atoms with van der Waals surface area (Å²) in [7, 11) is -3.79. The lowest BCUT2D eigenvalue weighted by molar-refractivity contribution is 0.1000. The Labute approximate surface area is 266 Å². The van der Waals surface area contributed by atoms with Gasteiger partial charge in [-0.3, -0.25) is 4.79 Å². The highest BCUT2D eigenvalue weighted by molar-refractivity contribution is 6.73. The zero-order valence-corrected chi connectivity index (χ0v) is 29.1. The zero-order chi connectivity index (χ0) is 31.6. The average molecular weight is 619 g/mol. The van der Waals surface area contributed by atoms with E-state index in [0.717, 1.165) is 23.5 Å². The summed E-state index contributed by atoms with van der Waals surface area (Å²) in [4.78, 5) is 13.7. The Bertz CT molecular complexity index is 1530. The second-order valence-electron chi connectivity index (χ2n) is 13.1. The number of hydrazone groups is 2. The highest BCUT2D eigenvalue weighted by Crippen LogP contribution is 2.21. The summed E-state index contributed by atoms with van der Waals surface area (Å²) in [6.07, 6.45) is 0.714. The van der Waals surface area contributed by atoms with Crippen molar-refractivity contribution < 1.29 is 4.79 Å². The van der Waals surface area contributed by atoms with Crippen molar-refractivity contribution in [2.75, 3.05) is 0 Å². The Balaban J connectivity index is 1.79. The van der Waals surface area contributed by atoms with Crippen LogP contribution in [-0.2, 0) is 13.1 Å². The molecule has 228 valence electrons. The van der Waals surface area contributed by atoms with Crippen molar-refractivity contribution in [2.24, 2.45) is 10.2 Å². The van der Waals surface area contributed by atoms with Crippen LogP contribution in [0.2, 0.25) is 39.3 Å². The molecule has 44 heavy (non-hydrogen) atoms. The predicted molar refractivity (Wildman–Crippen MR) is 191 cm³/mol. The molecule has 0 aromatic heterocycles. The number of carbonyl (C=O) groups excluding carboxylic acids is 1. The summed E-state index contributed by atoms with van der Waals surface area (Å²) in [5.41, 5.74) is 5.94. The standard InChI is InChI=1S/C37H46N4OSi2/c1-43(2,3)40(29-31-19-11-7-12-20-31)38-35(28-37(42)34-25-17-10-18-26-34)27-36(33-23-15-9-16-24-33)39-41(44(4,5)6)30-32-21-13-8-14-22-32/h7-26H,27-30H2,1-6H3/b38-35+,39-36+. The normalized spacial score (nSPS) is 12.6. The zero-order valence-electron chi connectivity index (χ0n) is 27.1. The van der Waals surface area contributed by atoms with Gasteiger partial charge in [0.2, 0.25) is 0 Å². The number of hydrogen-bond acceptors (Lipinski definition) is 5. The second-order valence-corrected chi connectivity index (χ2v) is 22.9. The van der Waals surface area contributed by atoms with E-state index >= 15 is 0 Å². The molecule has 0 amide bonds. The fourth-order valence-electron chi connectivity index (χ4n) is 4.74. The summed E-state index contributed by atoms with van der Waals surface area (Å²) >= 11 is 0. The molecule has 7 heteroatoms. The van der Waals surface area contributed by atoms with Gasteiger partial charge in [0.15, 0.2) is 22.3 Å². The van der Waals surface area contributed by atoms with Crippen LogP contribution in [0.4, 0.5) is 0 Å². The molecular weight excluding hydrogens is 573 g/mol. The minimum absolute atomic E-state index is 0.0679. The van der Waals surface area contributed by atoms with Crippen molar-refractivity contribution in [3.05, 3.63) is 144 Å². The van der Waals surface area contributed by atoms with Crippen molar-refractivity contribution in [1.29, 1.82) is 0 Å². The number of rotatable bonds is 14. The summed E-state index contributed by atoms with van der Waals surface area (Å²) < 4.78 is 4.54. The molecule has 0 fully saturated rings. The lowest BCUT2D eigenvalue weighted by Gasteiger charge is -2.34. The van der Waals surface area contributed by atoms with Gasteiger partial charge >= 0.3 is 0 Å². The minimum Gasteiger partial charge on any atom is -0.320 e. The molecule has 0 radical (unpaired) electrons. The lowest BCUT2D eigenvalue weighted by Crippen LogP contribution is -2.43. The smallest absolute Gasteiger partial charge is 0.169 e. The first kappa shape index (κ1) is 32.8. The van der Waals surface area contributed by atoms with Crippen LogP contribution in [0.5, 0.6) is 0 Å². The fourth-order valence-corrected chi connectivity index (χ4v) is 6.91. The topological polar surface area (TPSA) is 48.3 Å². The van der Waals surface area contributed by atoms with E-state index < -0.39 is 16.5 Å². The monoisotopic (exact) mass is 618 g/mol. The van der Waals surface area contributed by atoms with E-state index in [2.05, 4.69) is 121 Å². The molecule has 0 aliphatic rings. The van der Waals surface area contributed by atoms with Crippen LogP contribution in [0, 0.1) is 0 Å². The maximum absolute atomic E-state index is 13.7. The molecule has 0 unspecified atom stereocenters. The van der Waals surface area contributed by atoms with Crippen molar-refractivity contribution in [1.82, 2.24) is 9.35 Å². The van der Waals surface area contributed by atoms with Gasteiger partial charge in [0.1, 0.15) is 0 Å². The third-order valence-corrected chi connectivity index (χ3v) is 11.0. The molecular formula is C37H46N4OSi2. The number of carbonyl (C=O) groups is 1. The van der Waals surface area contributed by atoms with Gasteiger partial charge in [-0.05, 0) is 16.7 Å². The fraction of sp³-hybridized carbons (Fsp3) is 0.270. The Morgan fingerprint density at radius 2 is 0.909 bits per heavy atom. The van der Waals surface area contributed by atoms with Crippen LogP contribution >= 0.6 is 0 Å². The minimum atomic E-state index is -1.91. The molecule has 4 aromatic carbocycles. The van der Waals surface area contributed by atoms with Crippen LogP contribution in [-0.4, -0.2) is 43.0 Å². The predicted octanol–water partition coefficient (Wildman–Crippen LogP) is 9.08. The number of benzene rings is 4. The third-order valence-electron chi connectivity index (χ3n) is 7.34. The van der Waals surface area contributed by atoms with Crippen molar-refractivity contribution in [2.45, 2.75) is 65.2 Å². The molecule has 0 aliphatic carbocycles. The molecule has 0 saturated carbocycles. The first-order valence-electron chi connectivity index (χ1n) is 15.4. The summed E-state index contributed by atoms with van der Waals surface area (Å²) in [6.45, 7) is 15.3. The largest absolute Gasteiger partial charge is 0.320 e. The first-order chi connectivity index (χ1) is 21.0. The number of Topliss-reactive ketones (excluding diaryl/α,β-unsaturated/α-hetero) is 1. The number of nitrogens with zero attached hydrogens (tertiary/aromatic N) is 4. The van der Waals surface area contributed by atoms with Crippen LogP contribution < -0.4 is 0 Å². The summed E-state index contributed by atoms with van der Waals surface area (Å²) in [5.74, 6) is 0.0679. The molecule has 4 aromatic rings. The van der Waals surface area contributed by atoms with Crippen LogP contribution in [0.3, 0.4) is 0 Å². The SMILES string of the molecule is C[Si](C)(C)N(Cc1ccccc1)/N=C(/CC(=O)c1ccccc1)C/C(=N\N(Cc1ccccc1)[Si](C)(C)C)c1ccccc1. The summed E-state index contributed by atoms with van der Waals surface area (Å²) in [5, 5.41) is 10.7. The van der Waals surface area contributed by atoms with Gasteiger partial charge < -0.3 is 9.35 Å². The Kier molecular flexibility index (Phi) is 11.3. The highest BCUT2D eigenvalue weighted by Gasteiger charge is 2.27. The quantitative estimate of drug-likeness (QED) is 0.0613. The highest BCUT2D eigenvalue weighted by atomic mass is 28.3. The van der Waals surface area contributed by atoms with Gasteiger partial charge in [-0.25, -0.2) is 0 Å². The molecule has 4 rings (SSSR count). The Hall–Kier alpha value is -4.08. The number of hydrogen-bond donors (Lipinski definition) is 0. The maximum atomic E-state index is 13.7. The average Bonchev–Trinajstić information content (AvgIpc) is 3.01. The molecule has 0 heterocycles. The Morgan fingerprint density at radius 1 is 0.523 bits per heavy atom. The van der Waals surface area contributed by atoms with E-state index in [4.69, 9.17) is 10.2 Å². The van der Waals surface area contributed by atoms with E-state index in [1.54, 1.807) is 0 Å². The first-order valence-corrected chi connectivity index (χ1v) is 22.3. The molecule has 0 atom stereocenters. The second kappa shape index (κ2) is 15.1. The molecule has 0 bridgehead atoms. The van der Waals surface area contributed by atoms with E-state index in [-0.39, 0.29) is 12.2 Å². The van der Waals surface area contributed by atoms with E-state index in [0.29, 0.717) is 18.5 Å². The molecule has 0 aliphatic heterocycles. The molecule has 5 nitrogen and oxygen atoms in total. The third kappa shape index (κ3) is 9.99. The number of ketones is 1. The van der Waals surface area contributed by atoms with Gasteiger partial charge in [-0.15, -0.1) is 0 Å². The van der Waals surface area contributed by atoms with E-state index in [9.17, 15) is 4.79 Å². The lowest BCUT2D eigenvalue weighted by atomic mass is 9.99. The van der Waals surface area contributed by atoms with Gasteiger partial charge in [0.25, 0.3) is 0 Å². The van der Waals surface area contributed by atoms with E-state index in [1.165, 1.54) is 11.1 Å².